The number of nitrogens with one attached hydrogen (secondary N) is 1. The maximum Gasteiger partial charge on any atom is 0.295 e. The first-order valence-corrected chi connectivity index (χ1v) is 13.4. The number of Topliss-reactive ketones (excluding diaryl/α,β-unsaturated/α-hetero) is 1. The SMILES string of the molecule is CC[NH+](CC)CCN1C(=O)C(=O)/C(=C(/[O-])c2ccc(OCc3ccccc3)c(C)c2)C1c1cccc([N+](=O)[O-])c1. The number of hydrogen-bond donors (Lipinski definition) is 1. The van der Waals surface area contributed by atoms with Gasteiger partial charge in [0.2, 0.25) is 5.78 Å². The van der Waals surface area contributed by atoms with Crippen LogP contribution in [-0.2, 0) is 16.2 Å². The van der Waals surface area contributed by atoms with Gasteiger partial charge in [0, 0.05) is 17.7 Å². The van der Waals surface area contributed by atoms with Crippen molar-refractivity contribution in [3.05, 3.63) is 111 Å². The Hall–Kier alpha value is -4.50. The van der Waals surface area contributed by atoms with E-state index >= 15 is 0 Å². The number of carbonyl (C=O) groups is 2. The number of quaternary nitrogens is 1. The summed E-state index contributed by atoms with van der Waals surface area (Å²) in [4.78, 5) is 40.1. The van der Waals surface area contributed by atoms with Gasteiger partial charge < -0.3 is 19.6 Å². The number of ketones is 1. The quantitative estimate of drug-likeness (QED) is 0.131. The van der Waals surface area contributed by atoms with Gasteiger partial charge in [0.1, 0.15) is 12.4 Å². The van der Waals surface area contributed by atoms with Crippen LogP contribution in [0, 0.1) is 17.0 Å². The molecule has 0 aromatic heterocycles. The van der Waals surface area contributed by atoms with Crippen molar-refractivity contribution < 1.29 is 29.3 Å². The van der Waals surface area contributed by atoms with Gasteiger partial charge in [0.05, 0.1) is 37.1 Å². The van der Waals surface area contributed by atoms with Crippen molar-refractivity contribution in [1.82, 2.24) is 4.90 Å². The molecule has 1 aliphatic heterocycles. The number of nitro benzene ring substituents is 1. The van der Waals surface area contributed by atoms with Crippen LogP contribution < -0.4 is 14.7 Å². The monoisotopic (exact) mass is 543 g/mol. The molecule has 0 bridgehead atoms. The number of carbonyl (C=O) groups excluding carboxylic acids is 2. The van der Waals surface area contributed by atoms with Gasteiger partial charge in [0.15, 0.2) is 0 Å². The normalized spacial score (nSPS) is 16.5. The molecule has 40 heavy (non-hydrogen) atoms. The summed E-state index contributed by atoms with van der Waals surface area (Å²) < 4.78 is 5.93. The van der Waals surface area contributed by atoms with E-state index in [4.69, 9.17) is 4.74 Å². The summed E-state index contributed by atoms with van der Waals surface area (Å²) in [5.41, 5.74) is 1.92. The van der Waals surface area contributed by atoms with Crippen molar-refractivity contribution >= 4 is 23.1 Å². The second-order valence-corrected chi connectivity index (χ2v) is 9.79. The number of likely N-dealkylation sites (N-methyl/N-ethyl adjacent to an activating group) is 1. The third-order valence-corrected chi connectivity index (χ3v) is 7.31. The molecule has 9 nitrogen and oxygen atoms in total. The lowest BCUT2D eigenvalue weighted by atomic mass is 9.94. The molecule has 0 spiro atoms. The number of nitrogens with zero attached hydrogens (tertiary/aromatic N) is 2. The lowest BCUT2D eigenvalue weighted by Gasteiger charge is -2.28. The van der Waals surface area contributed by atoms with Crippen LogP contribution in [0.3, 0.4) is 0 Å². The Labute approximate surface area is 233 Å². The predicted octanol–water partition coefficient (Wildman–Crippen LogP) is 2.63. The first kappa shape index (κ1) is 28.5. The molecule has 0 aliphatic carbocycles. The molecule has 4 rings (SSSR count). The van der Waals surface area contributed by atoms with Gasteiger partial charge in [-0.25, -0.2) is 0 Å². The van der Waals surface area contributed by atoms with E-state index in [0.29, 0.717) is 30.0 Å². The highest BCUT2D eigenvalue weighted by Crippen LogP contribution is 2.39. The molecule has 1 unspecified atom stereocenters. The highest BCUT2D eigenvalue weighted by molar-refractivity contribution is 6.46. The Bertz CT molecular complexity index is 1430. The molecule has 1 heterocycles. The van der Waals surface area contributed by atoms with Gasteiger partial charge in [-0.05, 0) is 55.2 Å². The van der Waals surface area contributed by atoms with Gasteiger partial charge >= 0.3 is 0 Å². The van der Waals surface area contributed by atoms with E-state index < -0.39 is 28.4 Å². The molecule has 0 saturated carbocycles. The Morgan fingerprint density at radius 1 is 1.00 bits per heavy atom. The van der Waals surface area contributed by atoms with E-state index in [1.54, 1.807) is 31.2 Å². The number of non-ortho nitro benzene ring substituents is 1. The van der Waals surface area contributed by atoms with E-state index in [2.05, 4.69) is 0 Å². The minimum atomic E-state index is -1.02. The molecule has 1 atom stereocenters. The van der Waals surface area contributed by atoms with E-state index in [1.807, 2.05) is 44.2 Å². The summed E-state index contributed by atoms with van der Waals surface area (Å²) in [7, 11) is 0. The van der Waals surface area contributed by atoms with Crippen LogP contribution in [0.4, 0.5) is 5.69 Å². The standard InChI is InChI=1S/C31H33N3O6/c1-4-32(5-2)16-17-33-28(23-12-9-13-25(19-23)34(38)39)27(30(36)31(33)37)29(35)24-14-15-26(21(3)18-24)40-20-22-10-7-6-8-11-22/h6-15,18-19,28,35H,4-5,16-17,20H2,1-3H3/b29-27+. The Balaban J connectivity index is 1.72. The molecule has 0 radical (unpaired) electrons. The number of rotatable bonds is 11. The first-order chi connectivity index (χ1) is 19.2. The van der Waals surface area contributed by atoms with E-state index in [0.717, 1.165) is 18.7 Å². The van der Waals surface area contributed by atoms with E-state index in [-0.39, 0.29) is 23.4 Å². The maximum absolute atomic E-state index is 13.8. The Kier molecular flexibility index (Phi) is 8.96. The minimum Gasteiger partial charge on any atom is -0.872 e. The molecule has 3 aromatic carbocycles. The lowest BCUT2D eigenvalue weighted by Crippen LogP contribution is -3.12. The fraction of sp³-hybridized carbons (Fsp3) is 0.290. The molecule has 1 amide bonds. The van der Waals surface area contributed by atoms with Crippen LogP contribution in [0.15, 0.2) is 78.4 Å². The number of ether oxygens (including phenoxy) is 1. The highest BCUT2D eigenvalue weighted by atomic mass is 16.6. The third-order valence-electron chi connectivity index (χ3n) is 7.31. The third kappa shape index (κ3) is 6.05. The Morgan fingerprint density at radius 3 is 2.38 bits per heavy atom. The second kappa shape index (κ2) is 12.6. The second-order valence-electron chi connectivity index (χ2n) is 9.79. The van der Waals surface area contributed by atoms with Crippen molar-refractivity contribution in [2.24, 2.45) is 0 Å². The molecular weight excluding hydrogens is 510 g/mol. The summed E-state index contributed by atoms with van der Waals surface area (Å²) in [6, 6.07) is 19.3. The van der Waals surface area contributed by atoms with Crippen molar-refractivity contribution in [3.63, 3.8) is 0 Å². The van der Waals surface area contributed by atoms with Gasteiger partial charge in [-0.3, -0.25) is 19.7 Å². The topological polar surface area (TPSA) is 117 Å². The number of likely N-dealkylation sites (tertiary alicyclic amines) is 1. The molecule has 3 aromatic rings. The number of amides is 1. The van der Waals surface area contributed by atoms with Crippen LogP contribution in [0.2, 0.25) is 0 Å². The van der Waals surface area contributed by atoms with Gasteiger partial charge in [-0.15, -0.1) is 0 Å². The van der Waals surface area contributed by atoms with Crippen molar-refractivity contribution in [3.8, 4) is 5.75 Å². The van der Waals surface area contributed by atoms with Crippen molar-refractivity contribution in [1.29, 1.82) is 0 Å². The minimum absolute atomic E-state index is 0.179. The van der Waals surface area contributed by atoms with Gasteiger partial charge in [-0.1, -0.05) is 54.3 Å². The summed E-state index contributed by atoms with van der Waals surface area (Å²) in [6.07, 6.45) is 0. The zero-order valence-electron chi connectivity index (χ0n) is 22.9. The average molecular weight is 544 g/mol. The van der Waals surface area contributed by atoms with Crippen molar-refractivity contribution in [2.45, 2.75) is 33.4 Å². The van der Waals surface area contributed by atoms with Crippen LogP contribution in [-0.4, -0.2) is 47.7 Å². The molecule has 208 valence electrons. The molecule has 1 aliphatic rings. The van der Waals surface area contributed by atoms with Gasteiger partial charge in [-0.2, -0.15) is 0 Å². The highest BCUT2D eigenvalue weighted by Gasteiger charge is 2.44. The maximum atomic E-state index is 13.8. The largest absolute Gasteiger partial charge is 0.872 e. The number of nitro groups is 1. The Morgan fingerprint density at radius 2 is 1.73 bits per heavy atom. The fourth-order valence-corrected chi connectivity index (χ4v) is 4.98. The number of benzene rings is 3. The summed E-state index contributed by atoms with van der Waals surface area (Å²) in [5.74, 6) is -1.63. The van der Waals surface area contributed by atoms with Crippen LogP contribution >= 0.6 is 0 Å². The van der Waals surface area contributed by atoms with Crippen molar-refractivity contribution in [2.75, 3.05) is 26.2 Å². The number of aryl methyl sites for hydroxylation is 1. The average Bonchev–Trinajstić information content (AvgIpc) is 3.22. The smallest absolute Gasteiger partial charge is 0.295 e. The molecular formula is C31H33N3O6. The zero-order valence-corrected chi connectivity index (χ0v) is 22.9. The first-order valence-electron chi connectivity index (χ1n) is 13.4. The molecule has 1 fully saturated rings. The van der Waals surface area contributed by atoms with Crippen LogP contribution in [0.25, 0.3) is 5.76 Å². The lowest BCUT2D eigenvalue weighted by molar-refractivity contribution is -0.895. The van der Waals surface area contributed by atoms with E-state index in [1.165, 1.54) is 28.0 Å². The summed E-state index contributed by atoms with van der Waals surface area (Å²) in [5, 5.41) is 25.3. The summed E-state index contributed by atoms with van der Waals surface area (Å²) in [6.45, 7) is 8.71. The zero-order chi connectivity index (χ0) is 28.8. The fourth-order valence-electron chi connectivity index (χ4n) is 4.98. The molecule has 9 heteroatoms. The van der Waals surface area contributed by atoms with Gasteiger partial charge in [0.25, 0.3) is 11.6 Å². The summed E-state index contributed by atoms with van der Waals surface area (Å²) >= 11 is 0. The predicted molar refractivity (Wildman–Crippen MR) is 148 cm³/mol. The van der Waals surface area contributed by atoms with E-state index in [9.17, 15) is 24.8 Å². The molecule has 1 N–H and O–H groups in total. The van der Waals surface area contributed by atoms with Crippen LogP contribution in [0.1, 0.15) is 42.1 Å². The number of hydrogen-bond acceptors (Lipinski definition) is 6. The van der Waals surface area contributed by atoms with Crippen LogP contribution in [0.5, 0.6) is 5.75 Å². The molecule has 1 saturated heterocycles.